The van der Waals surface area contributed by atoms with Crippen LogP contribution in [0.2, 0.25) is 0 Å². The average Bonchev–Trinajstić information content (AvgIpc) is 2.89. The predicted octanol–water partition coefficient (Wildman–Crippen LogP) is 4.25. The molecule has 2 nitrogen and oxygen atoms in total. The Bertz CT molecular complexity index is 437. The van der Waals surface area contributed by atoms with Crippen molar-refractivity contribution in [2.45, 2.75) is 58.5 Å². The third-order valence-corrected chi connectivity index (χ3v) is 4.12. The molecule has 0 spiro atoms. The average molecular weight is 278 g/mol. The molecule has 1 atom stereocenters. The van der Waals surface area contributed by atoms with Gasteiger partial charge in [0.15, 0.2) is 0 Å². The Balaban J connectivity index is 2.41. The molecule has 2 N–H and O–H groups in total. The molecule has 20 heavy (non-hydrogen) atoms. The van der Waals surface area contributed by atoms with Crippen molar-refractivity contribution in [3.8, 4) is 0 Å². The van der Waals surface area contributed by atoms with E-state index in [-0.39, 0.29) is 11.9 Å². The molecule has 1 aromatic carbocycles. The molecular weight excluding hydrogens is 251 g/mol. The molecular formula is C17H27FN2. The fourth-order valence-corrected chi connectivity index (χ4v) is 3.23. The number of halogens is 1. The molecule has 0 aromatic heterocycles. The molecule has 1 saturated carbocycles. The third-order valence-electron chi connectivity index (χ3n) is 4.12. The normalized spacial score (nSPS) is 17.7. The summed E-state index contributed by atoms with van der Waals surface area (Å²) in [6.07, 6.45) is 4.83. The summed E-state index contributed by atoms with van der Waals surface area (Å²) in [4.78, 5) is 2.28. The molecule has 0 aliphatic heterocycles. The van der Waals surface area contributed by atoms with Crippen molar-refractivity contribution in [1.82, 2.24) is 0 Å². The molecule has 3 heteroatoms. The maximum absolute atomic E-state index is 14.5. The summed E-state index contributed by atoms with van der Waals surface area (Å²) in [6, 6.07) is 5.61. The summed E-state index contributed by atoms with van der Waals surface area (Å²) in [5.74, 6) is 0.378. The Labute approximate surface area is 122 Å². The maximum atomic E-state index is 14.5. The zero-order valence-corrected chi connectivity index (χ0v) is 12.9. The molecule has 0 heterocycles. The smallest absolute Gasteiger partial charge is 0.146 e. The monoisotopic (exact) mass is 278 g/mol. The second kappa shape index (κ2) is 6.57. The number of hydrogen-bond donors (Lipinski definition) is 1. The van der Waals surface area contributed by atoms with Gasteiger partial charge in [-0.2, -0.15) is 0 Å². The Morgan fingerprint density at radius 3 is 2.45 bits per heavy atom. The Kier molecular flexibility index (Phi) is 5.03. The first kappa shape index (κ1) is 15.3. The van der Waals surface area contributed by atoms with Crippen molar-refractivity contribution in [1.29, 1.82) is 0 Å². The van der Waals surface area contributed by atoms with Crippen LogP contribution in [-0.4, -0.2) is 12.6 Å². The van der Waals surface area contributed by atoms with E-state index in [9.17, 15) is 4.39 Å². The van der Waals surface area contributed by atoms with Gasteiger partial charge in [-0.15, -0.1) is 0 Å². The van der Waals surface area contributed by atoms with E-state index >= 15 is 0 Å². The summed E-state index contributed by atoms with van der Waals surface area (Å²) in [5.41, 5.74) is 7.72. The van der Waals surface area contributed by atoms with Gasteiger partial charge in [0.2, 0.25) is 0 Å². The van der Waals surface area contributed by atoms with E-state index in [0.717, 1.165) is 17.8 Å². The maximum Gasteiger partial charge on any atom is 0.146 e. The highest BCUT2D eigenvalue weighted by Gasteiger charge is 2.27. The van der Waals surface area contributed by atoms with Crippen LogP contribution in [0.3, 0.4) is 0 Å². The van der Waals surface area contributed by atoms with Crippen LogP contribution in [0.25, 0.3) is 0 Å². The SMILES string of the molecule is CC(C)CN(c1c(F)cccc1C(C)N)C1CCCC1. The van der Waals surface area contributed by atoms with Gasteiger partial charge in [0.25, 0.3) is 0 Å². The standard InChI is InChI=1S/C17H27FN2/c1-12(2)11-20(14-7-4-5-8-14)17-15(13(3)19)9-6-10-16(17)18/h6,9-10,12-14H,4-5,7-8,11,19H2,1-3H3. The molecule has 0 saturated heterocycles. The van der Waals surface area contributed by atoms with Crippen LogP contribution in [0.4, 0.5) is 10.1 Å². The molecule has 0 amide bonds. The molecule has 1 aromatic rings. The van der Waals surface area contributed by atoms with Crippen LogP contribution in [0.1, 0.15) is 58.1 Å². The van der Waals surface area contributed by atoms with Crippen molar-refractivity contribution in [2.75, 3.05) is 11.4 Å². The zero-order valence-electron chi connectivity index (χ0n) is 12.9. The number of nitrogens with zero attached hydrogens (tertiary/aromatic N) is 1. The van der Waals surface area contributed by atoms with Crippen molar-refractivity contribution in [3.63, 3.8) is 0 Å². The van der Waals surface area contributed by atoms with Crippen LogP contribution < -0.4 is 10.6 Å². The van der Waals surface area contributed by atoms with Gasteiger partial charge in [-0.25, -0.2) is 4.39 Å². The Hall–Kier alpha value is -1.09. The number of nitrogens with two attached hydrogens (primary N) is 1. The number of anilines is 1. The van der Waals surface area contributed by atoms with Gasteiger partial charge in [-0.3, -0.25) is 0 Å². The van der Waals surface area contributed by atoms with Crippen molar-refractivity contribution < 1.29 is 4.39 Å². The summed E-state index contributed by atoms with van der Waals surface area (Å²) in [5, 5.41) is 0. The molecule has 0 bridgehead atoms. The topological polar surface area (TPSA) is 29.3 Å². The largest absolute Gasteiger partial charge is 0.366 e. The van der Waals surface area contributed by atoms with E-state index < -0.39 is 0 Å². The van der Waals surface area contributed by atoms with Crippen molar-refractivity contribution >= 4 is 5.69 Å². The van der Waals surface area contributed by atoms with E-state index in [4.69, 9.17) is 5.73 Å². The third kappa shape index (κ3) is 3.32. The molecule has 1 aliphatic rings. The lowest BCUT2D eigenvalue weighted by atomic mass is 10.0. The van der Waals surface area contributed by atoms with E-state index in [1.807, 2.05) is 13.0 Å². The lowest BCUT2D eigenvalue weighted by Gasteiger charge is -2.35. The van der Waals surface area contributed by atoms with Gasteiger partial charge in [0, 0.05) is 18.6 Å². The minimum Gasteiger partial charge on any atom is -0.366 e. The van der Waals surface area contributed by atoms with E-state index in [2.05, 4.69) is 18.7 Å². The van der Waals surface area contributed by atoms with Crippen LogP contribution in [0.5, 0.6) is 0 Å². The molecule has 1 fully saturated rings. The van der Waals surface area contributed by atoms with Gasteiger partial charge in [-0.1, -0.05) is 38.8 Å². The quantitative estimate of drug-likeness (QED) is 0.872. The first-order valence-corrected chi connectivity index (χ1v) is 7.81. The fraction of sp³-hybridized carbons (Fsp3) is 0.647. The molecule has 0 radical (unpaired) electrons. The van der Waals surface area contributed by atoms with Gasteiger partial charge in [-0.05, 0) is 37.3 Å². The van der Waals surface area contributed by atoms with E-state index in [1.54, 1.807) is 12.1 Å². The number of hydrogen-bond acceptors (Lipinski definition) is 2. The minimum atomic E-state index is -0.142. The van der Waals surface area contributed by atoms with Crippen LogP contribution in [0, 0.1) is 11.7 Å². The summed E-state index contributed by atoms with van der Waals surface area (Å²) < 4.78 is 14.5. The van der Waals surface area contributed by atoms with Crippen LogP contribution in [0.15, 0.2) is 18.2 Å². The van der Waals surface area contributed by atoms with Gasteiger partial charge in [0.05, 0.1) is 5.69 Å². The van der Waals surface area contributed by atoms with Crippen LogP contribution >= 0.6 is 0 Å². The lowest BCUT2D eigenvalue weighted by molar-refractivity contribution is 0.516. The molecule has 1 aliphatic carbocycles. The Morgan fingerprint density at radius 2 is 1.90 bits per heavy atom. The predicted molar refractivity (Wildman–Crippen MR) is 83.4 cm³/mol. The van der Waals surface area contributed by atoms with Crippen LogP contribution in [-0.2, 0) is 0 Å². The molecule has 2 rings (SSSR count). The number of para-hydroxylation sites is 1. The number of rotatable bonds is 5. The lowest BCUT2D eigenvalue weighted by Crippen LogP contribution is -2.38. The fourth-order valence-electron chi connectivity index (χ4n) is 3.23. The van der Waals surface area contributed by atoms with E-state index in [1.165, 1.54) is 25.7 Å². The van der Waals surface area contributed by atoms with E-state index in [0.29, 0.717) is 12.0 Å². The highest BCUT2D eigenvalue weighted by atomic mass is 19.1. The number of benzene rings is 1. The first-order valence-electron chi connectivity index (χ1n) is 7.81. The second-order valence-electron chi connectivity index (χ2n) is 6.45. The van der Waals surface area contributed by atoms with Crippen molar-refractivity contribution in [2.24, 2.45) is 11.7 Å². The summed E-state index contributed by atoms with van der Waals surface area (Å²) in [7, 11) is 0. The highest BCUT2D eigenvalue weighted by Crippen LogP contribution is 2.35. The molecule has 112 valence electrons. The van der Waals surface area contributed by atoms with Gasteiger partial charge < -0.3 is 10.6 Å². The Morgan fingerprint density at radius 1 is 1.25 bits per heavy atom. The second-order valence-corrected chi connectivity index (χ2v) is 6.45. The minimum absolute atomic E-state index is 0.132. The zero-order chi connectivity index (χ0) is 14.7. The van der Waals surface area contributed by atoms with Gasteiger partial charge >= 0.3 is 0 Å². The van der Waals surface area contributed by atoms with Crippen molar-refractivity contribution in [3.05, 3.63) is 29.6 Å². The summed E-state index contributed by atoms with van der Waals surface area (Å²) >= 11 is 0. The molecule has 1 unspecified atom stereocenters. The van der Waals surface area contributed by atoms with Gasteiger partial charge in [0.1, 0.15) is 5.82 Å². The highest BCUT2D eigenvalue weighted by molar-refractivity contribution is 5.57. The summed E-state index contributed by atoms with van der Waals surface area (Å²) in [6.45, 7) is 7.20. The first-order chi connectivity index (χ1) is 9.50.